The molecule has 1 saturated heterocycles. The van der Waals surface area contributed by atoms with Gasteiger partial charge in [0.05, 0.1) is 19.2 Å². The summed E-state index contributed by atoms with van der Waals surface area (Å²) in [5.41, 5.74) is 8.92. The average Bonchev–Trinajstić information content (AvgIpc) is 3.28. The fourth-order valence-corrected chi connectivity index (χ4v) is 3.65. The van der Waals surface area contributed by atoms with Crippen molar-refractivity contribution in [1.82, 2.24) is 5.32 Å². The third-order valence-electron chi connectivity index (χ3n) is 5.13. The van der Waals surface area contributed by atoms with Crippen molar-refractivity contribution in [3.05, 3.63) is 59.7 Å². The zero-order chi connectivity index (χ0) is 20.1. The maximum atomic E-state index is 12.2. The molecule has 4 rings (SSSR count). The number of carbonyl (C=O) groups excluding carboxylic acids is 1. The molecule has 0 saturated carbocycles. The van der Waals surface area contributed by atoms with Crippen molar-refractivity contribution in [1.29, 1.82) is 0 Å². The van der Waals surface area contributed by atoms with Gasteiger partial charge >= 0.3 is 0 Å². The number of benzene rings is 2. The molecule has 0 aliphatic carbocycles. The summed E-state index contributed by atoms with van der Waals surface area (Å²) < 4.78 is 11.1. The van der Waals surface area contributed by atoms with Crippen molar-refractivity contribution in [3.8, 4) is 5.75 Å². The number of carbonyl (C=O) groups is 1. The number of nitrogens with zero attached hydrogens (tertiary/aromatic N) is 1. The highest BCUT2D eigenvalue weighted by Gasteiger charge is 2.23. The number of amides is 1. The van der Waals surface area contributed by atoms with Crippen molar-refractivity contribution in [2.75, 3.05) is 18.5 Å². The topological polar surface area (TPSA) is 98.0 Å². The number of nitrogens with one attached hydrogen (secondary N) is 2. The Bertz CT molecular complexity index is 893. The summed E-state index contributed by atoms with van der Waals surface area (Å²) in [6.07, 6.45) is 2.18. The van der Waals surface area contributed by atoms with E-state index in [2.05, 4.69) is 15.6 Å². The Hall–Kier alpha value is -3.06. The van der Waals surface area contributed by atoms with E-state index >= 15 is 0 Å². The highest BCUT2D eigenvalue weighted by Crippen LogP contribution is 2.31. The van der Waals surface area contributed by atoms with Crippen molar-refractivity contribution in [3.63, 3.8) is 0 Å². The smallest absolute Gasteiger partial charge is 0.253 e. The fourth-order valence-electron chi connectivity index (χ4n) is 3.65. The van der Waals surface area contributed by atoms with Crippen molar-refractivity contribution in [2.45, 2.75) is 38.0 Å². The second kappa shape index (κ2) is 8.96. The number of rotatable bonds is 5. The molecule has 0 bridgehead atoms. The highest BCUT2D eigenvalue weighted by molar-refractivity contribution is 5.94. The number of para-hydroxylation sites is 1. The van der Waals surface area contributed by atoms with Crippen LogP contribution in [0, 0.1) is 0 Å². The molecule has 2 atom stereocenters. The van der Waals surface area contributed by atoms with E-state index < -0.39 is 0 Å². The van der Waals surface area contributed by atoms with Crippen LogP contribution in [-0.4, -0.2) is 31.2 Å². The number of anilines is 1. The number of ether oxygens (including phenoxy) is 2. The molecule has 2 aromatic rings. The largest absolute Gasteiger partial charge is 0.493 e. The minimum Gasteiger partial charge on any atom is -0.493 e. The van der Waals surface area contributed by atoms with Gasteiger partial charge in [-0.3, -0.25) is 4.79 Å². The molecule has 7 nitrogen and oxygen atoms in total. The standard InChI is InChI=1S/C22H26N4O3/c23-22(26-18-10-12-29-19-8-2-1-7-17(18)19)24-14-15-5-3-6-16(13-15)25-21(27)20-9-4-11-28-20/h1-3,5-8,13,18,20H,4,9-12,14H2,(H,25,27)(H3,23,24,26). The Morgan fingerprint density at radius 3 is 2.90 bits per heavy atom. The number of aliphatic imine (C=N–C) groups is 1. The van der Waals surface area contributed by atoms with Crippen molar-refractivity contribution in [2.24, 2.45) is 10.7 Å². The number of hydrogen-bond acceptors (Lipinski definition) is 4. The van der Waals surface area contributed by atoms with Crippen molar-refractivity contribution < 1.29 is 14.3 Å². The molecule has 2 aromatic carbocycles. The fraction of sp³-hybridized carbons (Fsp3) is 0.364. The summed E-state index contributed by atoms with van der Waals surface area (Å²) in [7, 11) is 0. The first-order valence-corrected chi connectivity index (χ1v) is 9.98. The lowest BCUT2D eigenvalue weighted by atomic mass is 10.0. The lowest BCUT2D eigenvalue weighted by Gasteiger charge is -2.26. The average molecular weight is 394 g/mol. The summed E-state index contributed by atoms with van der Waals surface area (Å²) in [5.74, 6) is 1.18. The molecule has 1 fully saturated rings. The molecule has 152 valence electrons. The number of guanidine groups is 1. The molecule has 0 radical (unpaired) electrons. The first-order chi connectivity index (χ1) is 14.2. The van der Waals surface area contributed by atoms with Crippen LogP contribution in [0.4, 0.5) is 5.69 Å². The molecule has 1 amide bonds. The first kappa shape index (κ1) is 19.3. The lowest BCUT2D eigenvalue weighted by Crippen LogP contribution is -2.37. The monoisotopic (exact) mass is 394 g/mol. The summed E-state index contributed by atoms with van der Waals surface area (Å²) in [6.45, 7) is 1.72. The summed E-state index contributed by atoms with van der Waals surface area (Å²) in [4.78, 5) is 16.7. The number of nitrogens with two attached hydrogens (primary N) is 1. The first-order valence-electron chi connectivity index (χ1n) is 9.98. The van der Waals surface area contributed by atoms with E-state index in [1.54, 1.807) is 0 Å². The van der Waals surface area contributed by atoms with Crippen LogP contribution in [0.25, 0.3) is 0 Å². The number of hydrogen-bond donors (Lipinski definition) is 3. The van der Waals surface area contributed by atoms with Gasteiger partial charge in [0.1, 0.15) is 11.9 Å². The summed E-state index contributed by atoms with van der Waals surface area (Å²) >= 11 is 0. The van der Waals surface area contributed by atoms with Crippen LogP contribution in [0.1, 0.15) is 36.4 Å². The Kier molecular flexibility index (Phi) is 5.95. The van der Waals surface area contributed by atoms with Gasteiger partial charge in [-0.15, -0.1) is 0 Å². The quantitative estimate of drug-likeness (QED) is 0.535. The normalized spacial score (nSPS) is 21.2. The van der Waals surface area contributed by atoms with E-state index in [-0.39, 0.29) is 18.1 Å². The van der Waals surface area contributed by atoms with Gasteiger partial charge in [-0.25, -0.2) is 4.99 Å². The molecular formula is C22H26N4O3. The van der Waals surface area contributed by atoms with E-state index in [0.29, 0.717) is 25.7 Å². The molecule has 2 aliphatic heterocycles. The van der Waals surface area contributed by atoms with Crippen LogP contribution < -0.4 is 21.1 Å². The van der Waals surface area contributed by atoms with Gasteiger partial charge in [0.25, 0.3) is 5.91 Å². The van der Waals surface area contributed by atoms with Gasteiger partial charge in [-0.1, -0.05) is 30.3 Å². The SMILES string of the molecule is NC(=NCc1cccc(NC(=O)C2CCCO2)c1)NC1CCOc2ccccc21. The minimum atomic E-state index is -0.348. The Morgan fingerprint density at radius 2 is 2.03 bits per heavy atom. The Labute approximate surface area is 170 Å². The van der Waals surface area contributed by atoms with Crippen molar-refractivity contribution >= 4 is 17.6 Å². The molecule has 4 N–H and O–H groups in total. The lowest BCUT2D eigenvalue weighted by molar-refractivity contribution is -0.124. The minimum absolute atomic E-state index is 0.0840. The maximum absolute atomic E-state index is 12.2. The van der Waals surface area contributed by atoms with Crippen LogP contribution >= 0.6 is 0 Å². The number of fused-ring (bicyclic) bond motifs is 1. The molecule has 2 heterocycles. The zero-order valence-corrected chi connectivity index (χ0v) is 16.3. The van der Waals surface area contributed by atoms with Gasteiger partial charge in [0.15, 0.2) is 5.96 Å². The van der Waals surface area contributed by atoms with Crippen LogP contribution in [0.5, 0.6) is 5.75 Å². The predicted molar refractivity (Wildman–Crippen MR) is 112 cm³/mol. The molecule has 29 heavy (non-hydrogen) atoms. The van der Waals surface area contributed by atoms with Gasteiger partial charge in [0, 0.05) is 24.3 Å². The Balaban J connectivity index is 1.36. The zero-order valence-electron chi connectivity index (χ0n) is 16.3. The summed E-state index contributed by atoms with van der Waals surface area (Å²) in [5, 5.41) is 6.21. The molecule has 2 aliphatic rings. The van der Waals surface area contributed by atoms with Gasteiger partial charge in [-0.05, 0) is 36.6 Å². The predicted octanol–water partition coefficient (Wildman–Crippen LogP) is 2.73. The van der Waals surface area contributed by atoms with E-state index in [1.165, 1.54) is 0 Å². The van der Waals surface area contributed by atoms with E-state index in [9.17, 15) is 4.79 Å². The Morgan fingerprint density at radius 1 is 1.14 bits per heavy atom. The van der Waals surface area contributed by atoms with Gasteiger partial charge in [-0.2, -0.15) is 0 Å². The molecule has 0 spiro atoms. The maximum Gasteiger partial charge on any atom is 0.253 e. The van der Waals surface area contributed by atoms with Crippen LogP contribution in [0.3, 0.4) is 0 Å². The van der Waals surface area contributed by atoms with Gasteiger partial charge in [0.2, 0.25) is 0 Å². The second-order valence-electron chi connectivity index (χ2n) is 7.26. The highest BCUT2D eigenvalue weighted by atomic mass is 16.5. The van der Waals surface area contributed by atoms with E-state index in [0.717, 1.165) is 41.8 Å². The molecule has 2 unspecified atom stereocenters. The van der Waals surface area contributed by atoms with Crippen LogP contribution in [0.2, 0.25) is 0 Å². The molecule has 0 aromatic heterocycles. The molecule has 7 heteroatoms. The van der Waals surface area contributed by atoms with Crippen LogP contribution in [0.15, 0.2) is 53.5 Å². The summed E-state index contributed by atoms with van der Waals surface area (Å²) in [6, 6.07) is 15.7. The van der Waals surface area contributed by atoms with E-state index in [4.69, 9.17) is 15.2 Å². The van der Waals surface area contributed by atoms with Gasteiger partial charge < -0.3 is 25.8 Å². The van der Waals surface area contributed by atoms with E-state index in [1.807, 2.05) is 48.5 Å². The third-order valence-corrected chi connectivity index (χ3v) is 5.13. The third kappa shape index (κ3) is 4.86. The van der Waals surface area contributed by atoms with Crippen LogP contribution in [-0.2, 0) is 16.1 Å². The molecular weight excluding hydrogens is 368 g/mol. The second-order valence-corrected chi connectivity index (χ2v) is 7.26.